The molecule has 2 unspecified atom stereocenters. The largest absolute Gasteiger partial charge is 0.336 e. The van der Waals surface area contributed by atoms with Gasteiger partial charge >= 0.3 is 0 Å². The summed E-state index contributed by atoms with van der Waals surface area (Å²) in [5.41, 5.74) is 1.25. The average molecular weight is 374 g/mol. The van der Waals surface area contributed by atoms with Crippen molar-refractivity contribution in [3.8, 4) is 0 Å². The summed E-state index contributed by atoms with van der Waals surface area (Å²) in [6.07, 6.45) is 5.19. The Labute approximate surface area is 141 Å². The standard InChI is InChI=1S/C16H21BrN2O.ClH/c17-13-5-1-4-12(10-13)15-7-3-9-19(15)16(20)11-14-6-2-8-18-14;/h1,4-5,10,14-15,18H,2-3,6-9,11H2;1H. The zero-order valence-electron chi connectivity index (χ0n) is 12.1. The molecular weight excluding hydrogens is 352 g/mol. The smallest absolute Gasteiger partial charge is 0.224 e. The van der Waals surface area contributed by atoms with E-state index in [-0.39, 0.29) is 18.4 Å². The monoisotopic (exact) mass is 372 g/mol. The predicted octanol–water partition coefficient (Wildman–Crippen LogP) is 3.68. The molecule has 2 aliphatic rings. The molecule has 0 spiro atoms. The summed E-state index contributed by atoms with van der Waals surface area (Å²) < 4.78 is 1.09. The normalized spacial score (nSPS) is 24.9. The van der Waals surface area contributed by atoms with Crippen LogP contribution in [-0.2, 0) is 4.79 Å². The summed E-state index contributed by atoms with van der Waals surface area (Å²) in [5.74, 6) is 0.312. The number of rotatable bonds is 3. The molecule has 1 aromatic carbocycles. The minimum atomic E-state index is 0. The van der Waals surface area contributed by atoms with E-state index in [4.69, 9.17) is 0 Å². The van der Waals surface area contributed by atoms with E-state index in [1.165, 1.54) is 12.0 Å². The van der Waals surface area contributed by atoms with E-state index < -0.39 is 0 Å². The Kier molecular flexibility index (Phi) is 6.08. The second-order valence-corrected chi connectivity index (χ2v) is 6.71. The Morgan fingerprint density at radius 1 is 1.33 bits per heavy atom. The van der Waals surface area contributed by atoms with Crippen LogP contribution in [0, 0.1) is 0 Å². The molecule has 3 nitrogen and oxygen atoms in total. The lowest BCUT2D eigenvalue weighted by Crippen LogP contribution is -2.35. The van der Waals surface area contributed by atoms with Crippen LogP contribution in [0.25, 0.3) is 0 Å². The van der Waals surface area contributed by atoms with Crippen LogP contribution in [0.2, 0.25) is 0 Å². The third-order valence-electron chi connectivity index (χ3n) is 4.39. The van der Waals surface area contributed by atoms with Crippen LogP contribution in [0.4, 0.5) is 0 Å². The van der Waals surface area contributed by atoms with E-state index in [1.807, 2.05) is 6.07 Å². The van der Waals surface area contributed by atoms with E-state index in [2.05, 4.69) is 44.3 Å². The van der Waals surface area contributed by atoms with Gasteiger partial charge in [-0.1, -0.05) is 28.1 Å². The zero-order chi connectivity index (χ0) is 13.9. The maximum absolute atomic E-state index is 12.5. The van der Waals surface area contributed by atoms with Gasteiger partial charge in [0.25, 0.3) is 0 Å². The third kappa shape index (κ3) is 3.99. The van der Waals surface area contributed by atoms with E-state index in [9.17, 15) is 4.79 Å². The molecule has 0 radical (unpaired) electrons. The first kappa shape index (κ1) is 16.8. The van der Waals surface area contributed by atoms with Gasteiger partial charge in [-0.2, -0.15) is 0 Å². The molecule has 5 heteroatoms. The second-order valence-electron chi connectivity index (χ2n) is 5.80. The summed E-state index contributed by atoms with van der Waals surface area (Å²) in [4.78, 5) is 14.6. The molecule has 0 aromatic heterocycles. The number of likely N-dealkylation sites (tertiary alicyclic amines) is 1. The molecule has 2 saturated heterocycles. The van der Waals surface area contributed by atoms with E-state index in [1.54, 1.807) is 0 Å². The predicted molar refractivity (Wildman–Crippen MR) is 90.7 cm³/mol. The third-order valence-corrected chi connectivity index (χ3v) is 4.88. The van der Waals surface area contributed by atoms with E-state index in [0.717, 1.165) is 36.8 Å². The minimum Gasteiger partial charge on any atom is -0.336 e. The molecule has 1 aromatic rings. The van der Waals surface area contributed by atoms with Gasteiger partial charge in [0.2, 0.25) is 5.91 Å². The van der Waals surface area contributed by atoms with Crippen molar-refractivity contribution < 1.29 is 4.79 Å². The second kappa shape index (κ2) is 7.61. The summed E-state index contributed by atoms with van der Waals surface area (Å²) in [6, 6.07) is 9.03. The van der Waals surface area contributed by atoms with Crippen molar-refractivity contribution in [3.63, 3.8) is 0 Å². The summed E-state index contributed by atoms with van der Waals surface area (Å²) >= 11 is 3.52. The molecule has 3 rings (SSSR count). The molecule has 0 aliphatic carbocycles. The number of carbonyl (C=O) groups excluding carboxylic acids is 1. The highest BCUT2D eigenvalue weighted by Crippen LogP contribution is 2.33. The maximum atomic E-state index is 12.5. The SMILES string of the molecule is Cl.O=C(CC1CCCN1)N1CCCC1c1cccc(Br)c1. The van der Waals surface area contributed by atoms with Crippen molar-refractivity contribution in [1.82, 2.24) is 10.2 Å². The molecule has 2 fully saturated rings. The van der Waals surface area contributed by atoms with Crippen molar-refractivity contribution in [2.45, 2.75) is 44.2 Å². The molecule has 21 heavy (non-hydrogen) atoms. The molecule has 2 atom stereocenters. The lowest BCUT2D eigenvalue weighted by Gasteiger charge is -2.26. The van der Waals surface area contributed by atoms with Gasteiger partial charge in [-0.05, 0) is 49.9 Å². The van der Waals surface area contributed by atoms with Crippen LogP contribution >= 0.6 is 28.3 Å². The Balaban J connectivity index is 0.00000161. The van der Waals surface area contributed by atoms with Gasteiger partial charge in [-0.3, -0.25) is 4.79 Å². The van der Waals surface area contributed by atoms with Gasteiger partial charge in [0.15, 0.2) is 0 Å². The Morgan fingerprint density at radius 2 is 2.19 bits per heavy atom. The molecule has 2 aliphatic heterocycles. The fraction of sp³-hybridized carbons (Fsp3) is 0.562. The number of halogens is 2. The van der Waals surface area contributed by atoms with Crippen LogP contribution in [0.3, 0.4) is 0 Å². The Bertz CT molecular complexity index is 491. The number of benzene rings is 1. The topological polar surface area (TPSA) is 32.3 Å². The first-order valence-corrected chi connectivity index (χ1v) is 8.31. The van der Waals surface area contributed by atoms with Crippen LogP contribution in [0.1, 0.15) is 43.7 Å². The Morgan fingerprint density at radius 3 is 2.90 bits per heavy atom. The molecule has 1 amide bonds. The lowest BCUT2D eigenvalue weighted by atomic mass is 10.0. The number of nitrogens with zero attached hydrogens (tertiary/aromatic N) is 1. The quantitative estimate of drug-likeness (QED) is 0.876. The number of nitrogens with one attached hydrogen (secondary N) is 1. The van der Waals surface area contributed by atoms with Gasteiger partial charge in [0.05, 0.1) is 6.04 Å². The minimum absolute atomic E-state index is 0. The maximum Gasteiger partial charge on any atom is 0.224 e. The molecule has 0 saturated carbocycles. The van der Waals surface area contributed by atoms with Crippen molar-refractivity contribution in [1.29, 1.82) is 0 Å². The fourth-order valence-corrected chi connectivity index (χ4v) is 3.80. The molecule has 2 heterocycles. The van der Waals surface area contributed by atoms with Crippen LogP contribution in [0.5, 0.6) is 0 Å². The van der Waals surface area contributed by atoms with Crippen LogP contribution in [-0.4, -0.2) is 29.9 Å². The van der Waals surface area contributed by atoms with E-state index >= 15 is 0 Å². The first-order chi connectivity index (χ1) is 9.74. The molecular formula is C16H22BrClN2O. The molecule has 0 bridgehead atoms. The number of hydrogen-bond donors (Lipinski definition) is 1. The fourth-order valence-electron chi connectivity index (χ4n) is 3.38. The molecule has 1 N–H and O–H groups in total. The van der Waals surface area contributed by atoms with Gasteiger partial charge in [-0.15, -0.1) is 12.4 Å². The first-order valence-electron chi connectivity index (χ1n) is 7.52. The summed E-state index contributed by atoms with van der Waals surface area (Å²) in [5, 5.41) is 3.42. The van der Waals surface area contributed by atoms with Crippen molar-refractivity contribution in [2.75, 3.05) is 13.1 Å². The number of carbonyl (C=O) groups is 1. The van der Waals surface area contributed by atoms with Crippen molar-refractivity contribution >= 4 is 34.2 Å². The van der Waals surface area contributed by atoms with Gasteiger partial charge in [0, 0.05) is 23.5 Å². The van der Waals surface area contributed by atoms with E-state index in [0.29, 0.717) is 18.4 Å². The van der Waals surface area contributed by atoms with Gasteiger partial charge in [-0.25, -0.2) is 0 Å². The highest BCUT2D eigenvalue weighted by Gasteiger charge is 2.31. The lowest BCUT2D eigenvalue weighted by molar-refractivity contribution is -0.132. The summed E-state index contributed by atoms with van der Waals surface area (Å²) in [7, 11) is 0. The Hall–Kier alpha value is -0.580. The number of amides is 1. The average Bonchev–Trinajstić information content (AvgIpc) is 3.09. The van der Waals surface area contributed by atoms with Crippen LogP contribution in [0.15, 0.2) is 28.7 Å². The highest BCUT2D eigenvalue weighted by molar-refractivity contribution is 9.10. The molecule has 116 valence electrons. The summed E-state index contributed by atoms with van der Waals surface area (Å²) in [6.45, 7) is 1.97. The number of hydrogen-bond acceptors (Lipinski definition) is 2. The zero-order valence-corrected chi connectivity index (χ0v) is 14.5. The van der Waals surface area contributed by atoms with Gasteiger partial charge in [0.1, 0.15) is 0 Å². The van der Waals surface area contributed by atoms with Crippen molar-refractivity contribution in [2.24, 2.45) is 0 Å². The van der Waals surface area contributed by atoms with Crippen LogP contribution < -0.4 is 5.32 Å². The van der Waals surface area contributed by atoms with Gasteiger partial charge < -0.3 is 10.2 Å². The van der Waals surface area contributed by atoms with Crippen molar-refractivity contribution in [3.05, 3.63) is 34.3 Å². The highest BCUT2D eigenvalue weighted by atomic mass is 79.9.